The number of hydrogen-bond acceptors (Lipinski definition) is 6. The molecule has 7 nitrogen and oxygen atoms in total. The van der Waals surface area contributed by atoms with Crippen LogP contribution in [0.1, 0.15) is 21.7 Å². The lowest BCUT2D eigenvalue weighted by atomic mass is 10.1. The van der Waals surface area contributed by atoms with Gasteiger partial charge in [0.15, 0.2) is 19.0 Å². The molecule has 1 N–H and O–H groups in total. The molecule has 0 saturated heterocycles. The van der Waals surface area contributed by atoms with Crippen LogP contribution in [0.4, 0.5) is 0 Å². The summed E-state index contributed by atoms with van der Waals surface area (Å²) in [6.07, 6.45) is 1.31. The van der Waals surface area contributed by atoms with Gasteiger partial charge in [-0.15, -0.1) is 0 Å². The lowest BCUT2D eigenvalue weighted by molar-refractivity contribution is -0.150. The molecule has 1 heterocycles. The van der Waals surface area contributed by atoms with Crippen LogP contribution in [0.25, 0.3) is 0 Å². The average molecular weight is 331 g/mol. The fourth-order valence-corrected chi connectivity index (χ4v) is 1.77. The maximum Gasteiger partial charge on any atom is 0.344 e. The van der Waals surface area contributed by atoms with Gasteiger partial charge in [0.05, 0.1) is 6.26 Å². The second-order valence-electron chi connectivity index (χ2n) is 5.05. The van der Waals surface area contributed by atoms with Gasteiger partial charge in [-0.05, 0) is 49.2 Å². The summed E-state index contributed by atoms with van der Waals surface area (Å²) < 4.78 is 14.9. The number of aryl methyl sites for hydroxylation is 2. The van der Waals surface area contributed by atoms with Crippen molar-refractivity contribution in [2.45, 2.75) is 13.8 Å². The van der Waals surface area contributed by atoms with E-state index in [1.165, 1.54) is 18.4 Å². The minimum absolute atomic E-state index is 0.00671. The molecule has 1 aromatic heterocycles. The largest absolute Gasteiger partial charge is 0.482 e. The molecule has 0 unspecified atom stereocenters. The Morgan fingerprint density at radius 2 is 1.88 bits per heavy atom. The van der Waals surface area contributed by atoms with Crippen LogP contribution in [0.5, 0.6) is 5.75 Å². The molecule has 0 radical (unpaired) electrons. The Kier molecular flexibility index (Phi) is 5.73. The van der Waals surface area contributed by atoms with Gasteiger partial charge in [0.2, 0.25) is 0 Å². The van der Waals surface area contributed by atoms with Crippen LogP contribution in [0, 0.1) is 13.8 Å². The molecule has 0 saturated carbocycles. The monoisotopic (exact) mass is 331 g/mol. The number of carbonyl (C=O) groups excluding carboxylic acids is 3. The Bertz CT molecular complexity index is 736. The highest BCUT2D eigenvalue weighted by atomic mass is 16.6. The van der Waals surface area contributed by atoms with Crippen LogP contribution in [-0.2, 0) is 14.3 Å². The SMILES string of the molecule is Cc1ccc(OCC(=O)OCC(=O)NC(=O)c2ccco2)cc1C. The summed E-state index contributed by atoms with van der Waals surface area (Å²) in [5.41, 5.74) is 2.15. The second-order valence-corrected chi connectivity index (χ2v) is 5.05. The second kappa shape index (κ2) is 7.96. The molecule has 126 valence electrons. The van der Waals surface area contributed by atoms with Gasteiger partial charge in [0, 0.05) is 0 Å². The zero-order valence-electron chi connectivity index (χ0n) is 13.3. The standard InChI is InChI=1S/C17H17NO6/c1-11-5-6-13(8-12(11)2)23-10-16(20)24-9-15(19)18-17(21)14-4-3-7-22-14/h3-8H,9-10H2,1-2H3,(H,18,19,21). The Hall–Kier alpha value is -3.09. The number of imide groups is 1. The molecule has 0 aliphatic carbocycles. The molecule has 2 rings (SSSR count). The number of carbonyl (C=O) groups is 3. The summed E-state index contributed by atoms with van der Waals surface area (Å²) in [7, 11) is 0. The first kappa shape index (κ1) is 17.3. The smallest absolute Gasteiger partial charge is 0.344 e. The number of esters is 1. The number of benzene rings is 1. The van der Waals surface area contributed by atoms with Crippen molar-refractivity contribution in [3.8, 4) is 5.75 Å². The van der Waals surface area contributed by atoms with E-state index in [9.17, 15) is 14.4 Å². The summed E-state index contributed by atoms with van der Waals surface area (Å²) in [5.74, 6) is -1.64. The molecule has 0 bridgehead atoms. The van der Waals surface area contributed by atoms with Gasteiger partial charge in [-0.3, -0.25) is 14.9 Å². The minimum atomic E-state index is -0.754. The molecule has 7 heteroatoms. The number of nitrogens with one attached hydrogen (secondary N) is 1. The minimum Gasteiger partial charge on any atom is -0.482 e. The quantitative estimate of drug-likeness (QED) is 0.811. The first-order valence-electron chi connectivity index (χ1n) is 7.19. The fourth-order valence-electron chi connectivity index (χ4n) is 1.77. The van der Waals surface area contributed by atoms with Crippen molar-refractivity contribution in [1.82, 2.24) is 5.32 Å². The van der Waals surface area contributed by atoms with E-state index in [4.69, 9.17) is 13.9 Å². The van der Waals surface area contributed by atoms with E-state index in [2.05, 4.69) is 0 Å². The molecule has 1 aromatic carbocycles. The van der Waals surface area contributed by atoms with Gasteiger partial charge >= 0.3 is 5.97 Å². The zero-order valence-corrected chi connectivity index (χ0v) is 13.3. The zero-order chi connectivity index (χ0) is 17.5. The van der Waals surface area contributed by atoms with E-state index in [-0.39, 0.29) is 12.4 Å². The van der Waals surface area contributed by atoms with Crippen LogP contribution in [0.2, 0.25) is 0 Å². The highest BCUT2D eigenvalue weighted by Gasteiger charge is 2.14. The molecule has 0 atom stereocenters. The number of ether oxygens (including phenoxy) is 2. The predicted octanol–water partition coefficient (Wildman–Crippen LogP) is 1.78. The lowest BCUT2D eigenvalue weighted by Gasteiger charge is -2.08. The van der Waals surface area contributed by atoms with Crippen molar-refractivity contribution in [2.24, 2.45) is 0 Å². The summed E-state index contributed by atoms with van der Waals surface area (Å²) in [4.78, 5) is 34.6. The van der Waals surface area contributed by atoms with E-state index in [0.29, 0.717) is 5.75 Å². The molecule has 2 amide bonds. The van der Waals surface area contributed by atoms with Gasteiger partial charge < -0.3 is 13.9 Å². The average Bonchev–Trinajstić information content (AvgIpc) is 3.08. The van der Waals surface area contributed by atoms with Gasteiger partial charge in [-0.25, -0.2) is 4.79 Å². The van der Waals surface area contributed by atoms with Crippen molar-refractivity contribution < 1.29 is 28.3 Å². The molecular formula is C17H17NO6. The van der Waals surface area contributed by atoms with Crippen molar-refractivity contribution >= 4 is 17.8 Å². The highest BCUT2D eigenvalue weighted by Crippen LogP contribution is 2.16. The molecule has 0 fully saturated rings. The third-order valence-corrected chi connectivity index (χ3v) is 3.20. The van der Waals surface area contributed by atoms with Gasteiger partial charge in [0.25, 0.3) is 11.8 Å². The van der Waals surface area contributed by atoms with E-state index in [1.54, 1.807) is 12.1 Å². The maximum absolute atomic E-state index is 11.6. The lowest BCUT2D eigenvalue weighted by Crippen LogP contribution is -2.34. The molecular weight excluding hydrogens is 314 g/mol. The number of hydrogen-bond donors (Lipinski definition) is 1. The van der Waals surface area contributed by atoms with Crippen LogP contribution >= 0.6 is 0 Å². The normalized spacial score (nSPS) is 10.1. The van der Waals surface area contributed by atoms with Gasteiger partial charge in [0.1, 0.15) is 5.75 Å². The number of furan rings is 1. The molecule has 0 aliphatic rings. The number of rotatable bonds is 6. The molecule has 2 aromatic rings. The van der Waals surface area contributed by atoms with Crippen molar-refractivity contribution in [3.05, 3.63) is 53.5 Å². The van der Waals surface area contributed by atoms with Crippen LogP contribution in [-0.4, -0.2) is 31.0 Å². The van der Waals surface area contributed by atoms with Crippen molar-refractivity contribution in [2.75, 3.05) is 13.2 Å². The summed E-state index contributed by atoms with van der Waals surface area (Å²) in [6, 6.07) is 8.35. The van der Waals surface area contributed by atoms with Crippen LogP contribution in [0.15, 0.2) is 41.0 Å². The Morgan fingerprint density at radius 3 is 2.54 bits per heavy atom. The molecule has 0 spiro atoms. The highest BCUT2D eigenvalue weighted by molar-refractivity contribution is 6.03. The van der Waals surface area contributed by atoms with Gasteiger partial charge in [-0.2, -0.15) is 0 Å². The Labute approximate surface area is 138 Å². The van der Waals surface area contributed by atoms with Crippen LogP contribution in [0.3, 0.4) is 0 Å². The third kappa shape index (κ3) is 4.98. The van der Waals surface area contributed by atoms with Gasteiger partial charge in [-0.1, -0.05) is 6.07 Å². The number of amides is 2. The fraction of sp³-hybridized carbons (Fsp3) is 0.235. The summed E-state index contributed by atoms with van der Waals surface area (Å²) >= 11 is 0. The van der Waals surface area contributed by atoms with Crippen molar-refractivity contribution in [3.63, 3.8) is 0 Å². The van der Waals surface area contributed by atoms with E-state index in [0.717, 1.165) is 11.1 Å². The molecule has 24 heavy (non-hydrogen) atoms. The van der Waals surface area contributed by atoms with Crippen LogP contribution < -0.4 is 10.1 Å². The van der Waals surface area contributed by atoms with Crippen molar-refractivity contribution in [1.29, 1.82) is 0 Å². The molecule has 0 aliphatic heterocycles. The van der Waals surface area contributed by atoms with E-state index in [1.807, 2.05) is 25.2 Å². The topological polar surface area (TPSA) is 94.8 Å². The summed E-state index contributed by atoms with van der Waals surface area (Å²) in [5, 5.41) is 2.04. The predicted molar refractivity (Wildman–Crippen MR) is 83.6 cm³/mol. The first-order chi connectivity index (χ1) is 11.5. The van der Waals surface area contributed by atoms with E-state index < -0.39 is 24.4 Å². The maximum atomic E-state index is 11.6. The first-order valence-corrected chi connectivity index (χ1v) is 7.19. The third-order valence-electron chi connectivity index (χ3n) is 3.20. The summed E-state index contributed by atoms with van der Waals surface area (Å²) in [6.45, 7) is 2.99. The Balaban J connectivity index is 1.71. The Morgan fingerprint density at radius 1 is 1.08 bits per heavy atom. The van der Waals surface area contributed by atoms with E-state index >= 15 is 0 Å².